The van der Waals surface area contributed by atoms with Gasteiger partial charge in [-0.15, -0.1) is 15.3 Å². The Balaban J connectivity index is 1.36. The van der Waals surface area contributed by atoms with Crippen molar-refractivity contribution in [1.29, 1.82) is 0 Å². The van der Waals surface area contributed by atoms with Gasteiger partial charge >= 0.3 is 0 Å². The van der Waals surface area contributed by atoms with Crippen LogP contribution in [0.1, 0.15) is 5.56 Å². The van der Waals surface area contributed by atoms with Gasteiger partial charge in [0.1, 0.15) is 23.6 Å². The minimum Gasteiger partial charge on any atom is -0.497 e. The number of fused-ring (bicyclic) bond motifs is 1. The van der Waals surface area contributed by atoms with E-state index in [-0.39, 0.29) is 5.82 Å². The Labute approximate surface area is 210 Å². The van der Waals surface area contributed by atoms with Gasteiger partial charge in [0.2, 0.25) is 5.95 Å². The molecule has 182 valence electrons. The Kier molecular flexibility index (Phi) is 5.70. The predicted octanol–water partition coefficient (Wildman–Crippen LogP) is 4.19. The normalized spacial score (nSPS) is 11.1. The first-order valence-electron chi connectivity index (χ1n) is 11.4. The molecule has 0 saturated heterocycles. The zero-order chi connectivity index (χ0) is 25.2. The quantitative estimate of drug-likeness (QED) is 0.353. The molecule has 37 heavy (non-hydrogen) atoms. The summed E-state index contributed by atoms with van der Waals surface area (Å²) in [7, 11) is 1.64. The highest BCUT2D eigenvalue weighted by Gasteiger charge is 2.17. The molecule has 0 radical (unpaired) electrons. The van der Waals surface area contributed by atoms with Gasteiger partial charge in [0, 0.05) is 30.1 Å². The van der Waals surface area contributed by atoms with E-state index in [0.717, 1.165) is 22.4 Å². The number of hydrogen-bond donors (Lipinski definition) is 1. The molecule has 0 unspecified atom stereocenters. The smallest absolute Gasteiger partial charge is 0.223 e. The summed E-state index contributed by atoms with van der Waals surface area (Å²) in [5, 5.41) is 20.4. The molecule has 0 atom stereocenters. The molecule has 0 aliphatic heterocycles. The summed E-state index contributed by atoms with van der Waals surface area (Å²) in [5.74, 6) is 1.51. The fourth-order valence-electron chi connectivity index (χ4n) is 3.86. The Bertz CT molecular complexity index is 1680. The average Bonchev–Trinajstić information content (AvgIpc) is 3.60. The lowest BCUT2D eigenvalue weighted by atomic mass is 10.1. The second-order valence-corrected chi connectivity index (χ2v) is 8.14. The summed E-state index contributed by atoms with van der Waals surface area (Å²) >= 11 is 0. The average molecular weight is 494 g/mol. The number of nitrogens with zero attached hydrogens (tertiary/aromatic N) is 8. The Morgan fingerprint density at radius 1 is 0.946 bits per heavy atom. The molecule has 4 heterocycles. The van der Waals surface area contributed by atoms with Crippen LogP contribution in [0, 0.1) is 5.82 Å². The lowest BCUT2D eigenvalue weighted by Crippen LogP contribution is -2.04. The summed E-state index contributed by atoms with van der Waals surface area (Å²) in [4.78, 5) is 9.09. The highest BCUT2D eigenvalue weighted by molar-refractivity contribution is 5.79. The van der Waals surface area contributed by atoms with Crippen LogP contribution in [0.2, 0.25) is 0 Å². The lowest BCUT2D eigenvalue weighted by molar-refractivity contribution is 0.414. The van der Waals surface area contributed by atoms with Crippen molar-refractivity contribution in [2.24, 2.45) is 0 Å². The SMILES string of the molecule is COc1ccc(CNc2nccc(-c3cn(-c4ccc5nncn5n4)nc3-c3ccc(F)cc3)n2)cc1. The molecular formula is C26H20FN9O. The molecule has 6 rings (SSSR count). The van der Waals surface area contributed by atoms with Crippen LogP contribution in [0.25, 0.3) is 34.0 Å². The zero-order valence-corrected chi connectivity index (χ0v) is 19.7. The van der Waals surface area contributed by atoms with E-state index in [2.05, 4.69) is 25.6 Å². The summed E-state index contributed by atoms with van der Waals surface area (Å²) in [6.45, 7) is 0.542. The third-order valence-corrected chi connectivity index (χ3v) is 5.76. The van der Waals surface area contributed by atoms with Gasteiger partial charge in [-0.05, 0) is 60.2 Å². The molecule has 0 spiro atoms. The van der Waals surface area contributed by atoms with Crippen LogP contribution in [-0.4, -0.2) is 46.7 Å². The largest absolute Gasteiger partial charge is 0.497 e. The molecule has 1 N–H and O–H groups in total. The van der Waals surface area contributed by atoms with Gasteiger partial charge in [-0.25, -0.2) is 19.0 Å². The first-order valence-corrected chi connectivity index (χ1v) is 11.4. The summed E-state index contributed by atoms with van der Waals surface area (Å²) in [6.07, 6.45) is 5.05. The number of aromatic nitrogens is 8. The van der Waals surface area contributed by atoms with Crippen molar-refractivity contribution in [3.63, 3.8) is 0 Å². The van der Waals surface area contributed by atoms with Crippen LogP contribution >= 0.6 is 0 Å². The van der Waals surface area contributed by atoms with Crippen LogP contribution in [0.4, 0.5) is 10.3 Å². The van der Waals surface area contributed by atoms with Gasteiger partial charge < -0.3 is 10.1 Å². The number of rotatable bonds is 7. The van der Waals surface area contributed by atoms with E-state index in [1.54, 1.807) is 46.8 Å². The van der Waals surface area contributed by atoms with Crippen molar-refractivity contribution in [3.05, 3.63) is 96.8 Å². The number of halogens is 1. The number of benzene rings is 2. The van der Waals surface area contributed by atoms with Crippen molar-refractivity contribution < 1.29 is 9.13 Å². The van der Waals surface area contributed by atoms with Crippen molar-refractivity contribution in [2.45, 2.75) is 6.54 Å². The third kappa shape index (κ3) is 4.57. The third-order valence-electron chi connectivity index (χ3n) is 5.76. The van der Waals surface area contributed by atoms with Gasteiger partial charge in [-0.3, -0.25) is 0 Å². The first kappa shape index (κ1) is 22.3. The number of anilines is 1. The van der Waals surface area contributed by atoms with Crippen molar-refractivity contribution in [1.82, 2.24) is 39.6 Å². The van der Waals surface area contributed by atoms with Crippen LogP contribution in [0.5, 0.6) is 5.75 Å². The van der Waals surface area contributed by atoms with Crippen molar-refractivity contribution in [3.8, 4) is 34.1 Å². The van der Waals surface area contributed by atoms with E-state index in [0.29, 0.717) is 35.3 Å². The lowest BCUT2D eigenvalue weighted by Gasteiger charge is -2.08. The molecule has 11 heteroatoms. The molecule has 2 aromatic carbocycles. The number of nitrogens with one attached hydrogen (secondary N) is 1. The number of ether oxygens (including phenoxy) is 1. The minimum atomic E-state index is -0.323. The fraction of sp³-hybridized carbons (Fsp3) is 0.0769. The molecule has 0 fully saturated rings. The topological polar surface area (TPSA) is 108 Å². The van der Waals surface area contributed by atoms with Crippen LogP contribution < -0.4 is 10.1 Å². The van der Waals surface area contributed by atoms with E-state index in [1.807, 2.05) is 36.5 Å². The van der Waals surface area contributed by atoms with Crippen molar-refractivity contribution >= 4 is 11.6 Å². The highest BCUT2D eigenvalue weighted by atomic mass is 19.1. The van der Waals surface area contributed by atoms with E-state index >= 15 is 0 Å². The maximum Gasteiger partial charge on any atom is 0.223 e. The predicted molar refractivity (Wildman–Crippen MR) is 135 cm³/mol. The van der Waals surface area contributed by atoms with Crippen molar-refractivity contribution in [2.75, 3.05) is 12.4 Å². The van der Waals surface area contributed by atoms with E-state index < -0.39 is 0 Å². The molecule has 6 aromatic rings. The van der Waals surface area contributed by atoms with Gasteiger partial charge in [-0.2, -0.15) is 9.61 Å². The summed E-state index contributed by atoms with van der Waals surface area (Å²) < 4.78 is 22.1. The van der Waals surface area contributed by atoms with Crippen LogP contribution in [0.3, 0.4) is 0 Å². The van der Waals surface area contributed by atoms with Crippen LogP contribution in [-0.2, 0) is 6.54 Å². The highest BCUT2D eigenvalue weighted by Crippen LogP contribution is 2.31. The monoisotopic (exact) mass is 493 g/mol. The van der Waals surface area contributed by atoms with Crippen LogP contribution in [0.15, 0.2) is 85.5 Å². The van der Waals surface area contributed by atoms with Gasteiger partial charge in [0.25, 0.3) is 0 Å². The van der Waals surface area contributed by atoms with E-state index in [4.69, 9.17) is 14.8 Å². The molecule has 0 aliphatic rings. The molecule has 4 aromatic heterocycles. The first-order chi connectivity index (χ1) is 18.2. The van der Waals surface area contributed by atoms with E-state index in [9.17, 15) is 4.39 Å². The molecule has 0 bridgehead atoms. The second kappa shape index (κ2) is 9.46. The Hall–Kier alpha value is -5.19. The molecular weight excluding hydrogens is 473 g/mol. The molecule has 10 nitrogen and oxygen atoms in total. The molecule has 0 saturated carbocycles. The maximum atomic E-state index is 13.6. The van der Waals surface area contributed by atoms with Gasteiger partial charge in [0.05, 0.1) is 12.8 Å². The summed E-state index contributed by atoms with van der Waals surface area (Å²) in [6, 6.07) is 19.4. The summed E-state index contributed by atoms with van der Waals surface area (Å²) in [5.41, 5.74) is 4.45. The van der Waals surface area contributed by atoms with Gasteiger partial charge in [0.15, 0.2) is 11.5 Å². The second-order valence-electron chi connectivity index (χ2n) is 8.14. The minimum absolute atomic E-state index is 0.323. The standard InChI is InChI=1S/C26H20FN9O/c1-37-20-8-2-17(3-9-20)14-29-26-28-13-12-22(31-26)21-15-35(24-11-10-23-32-30-16-36(23)33-24)34-25(21)18-4-6-19(27)7-5-18/h2-13,15-16H,14H2,1H3,(H,28,29,31). The fourth-order valence-corrected chi connectivity index (χ4v) is 3.86. The maximum absolute atomic E-state index is 13.6. The Morgan fingerprint density at radius 3 is 2.59 bits per heavy atom. The van der Waals surface area contributed by atoms with Gasteiger partial charge in [-0.1, -0.05) is 12.1 Å². The number of methoxy groups -OCH3 is 1. The number of hydrogen-bond acceptors (Lipinski definition) is 8. The zero-order valence-electron chi connectivity index (χ0n) is 19.7. The van der Waals surface area contributed by atoms with E-state index in [1.165, 1.54) is 18.5 Å². The molecule has 0 amide bonds. The molecule has 0 aliphatic carbocycles. The Morgan fingerprint density at radius 2 is 1.78 bits per heavy atom.